The van der Waals surface area contributed by atoms with Crippen LogP contribution in [0.25, 0.3) is 0 Å². The first kappa shape index (κ1) is 23.7. The van der Waals surface area contributed by atoms with Crippen LogP contribution in [-0.4, -0.2) is 66.2 Å². The molecule has 0 aromatic carbocycles. The van der Waals surface area contributed by atoms with Crippen molar-refractivity contribution in [1.29, 1.82) is 0 Å². The Kier molecular flexibility index (Phi) is 5.19. The Morgan fingerprint density at radius 2 is 1.89 bits per heavy atom. The maximum absolute atomic E-state index is 12.9. The number of hydrogen-bond acceptors (Lipinski definition) is 9. The van der Waals surface area contributed by atoms with Gasteiger partial charge in [-0.3, -0.25) is 9.59 Å². The van der Waals surface area contributed by atoms with Crippen LogP contribution < -0.4 is 0 Å². The summed E-state index contributed by atoms with van der Waals surface area (Å²) in [5.74, 6) is -1.02. The fourth-order valence-electron chi connectivity index (χ4n) is 8.06. The highest BCUT2D eigenvalue weighted by Gasteiger charge is 2.86. The molecule has 2 aliphatic carbocycles. The lowest BCUT2D eigenvalue weighted by molar-refractivity contribution is -0.396. The minimum atomic E-state index is -1.06. The summed E-state index contributed by atoms with van der Waals surface area (Å²) in [5.41, 5.74) is -2.45. The van der Waals surface area contributed by atoms with Crippen LogP contribution >= 0.6 is 0 Å². The largest absolute Gasteiger partial charge is 0.472 e. The van der Waals surface area contributed by atoms with E-state index in [1.54, 1.807) is 20.1 Å². The van der Waals surface area contributed by atoms with Crippen molar-refractivity contribution < 1.29 is 43.1 Å². The predicted molar refractivity (Wildman–Crippen MR) is 119 cm³/mol. The van der Waals surface area contributed by atoms with E-state index in [1.165, 1.54) is 6.92 Å². The second kappa shape index (κ2) is 7.66. The van der Waals surface area contributed by atoms with Crippen LogP contribution in [0.15, 0.2) is 12.3 Å². The van der Waals surface area contributed by atoms with Gasteiger partial charge < -0.3 is 33.5 Å². The number of rotatable bonds is 4. The molecule has 0 radical (unpaired) electrons. The van der Waals surface area contributed by atoms with E-state index in [0.29, 0.717) is 19.4 Å². The van der Waals surface area contributed by atoms with E-state index < -0.39 is 47.6 Å². The van der Waals surface area contributed by atoms with Crippen molar-refractivity contribution in [1.82, 2.24) is 0 Å². The molecular formula is C26H36O9. The highest BCUT2D eigenvalue weighted by molar-refractivity contribution is 5.72. The van der Waals surface area contributed by atoms with Gasteiger partial charge in [0.2, 0.25) is 12.6 Å². The highest BCUT2D eigenvalue weighted by atomic mass is 16.7. The second-order valence-corrected chi connectivity index (χ2v) is 11.9. The first-order chi connectivity index (χ1) is 16.6. The van der Waals surface area contributed by atoms with Gasteiger partial charge in [0.1, 0.15) is 23.2 Å². The van der Waals surface area contributed by atoms with Crippen LogP contribution in [0.5, 0.6) is 0 Å². The lowest BCUT2D eigenvalue weighted by atomic mass is 9.40. The predicted octanol–water partition coefficient (Wildman–Crippen LogP) is 2.30. The average molecular weight is 493 g/mol. The van der Waals surface area contributed by atoms with Crippen molar-refractivity contribution in [2.24, 2.45) is 34.5 Å². The van der Waals surface area contributed by atoms with E-state index in [2.05, 4.69) is 19.9 Å². The molecule has 5 heterocycles. The van der Waals surface area contributed by atoms with Crippen LogP contribution in [0.3, 0.4) is 0 Å². The molecule has 0 aromatic rings. The molecule has 194 valence electrons. The topological polar surface area (TPSA) is 113 Å². The number of esters is 2. The maximum Gasteiger partial charge on any atom is 0.310 e. The number of epoxide rings is 1. The van der Waals surface area contributed by atoms with Gasteiger partial charge in [-0.15, -0.1) is 0 Å². The van der Waals surface area contributed by atoms with E-state index >= 15 is 0 Å². The number of aliphatic hydroxyl groups is 1. The lowest BCUT2D eigenvalue weighted by Gasteiger charge is -2.69. The zero-order valence-corrected chi connectivity index (χ0v) is 21.0. The Hall–Kier alpha value is -1.68. The van der Waals surface area contributed by atoms with E-state index in [-0.39, 0.29) is 41.5 Å². The number of ether oxygens (including phenoxy) is 6. The molecule has 0 amide bonds. The van der Waals surface area contributed by atoms with Gasteiger partial charge in [-0.1, -0.05) is 27.7 Å². The number of carbonyl (C=O) groups excluding carboxylic acids is 2. The van der Waals surface area contributed by atoms with E-state index in [1.807, 2.05) is 0 Å². The third kappa shape index (κ3) is 2.95. The monoisotopic (exact) mass is 492 g/mol. The zero-order valence-electron chi connectivity index (χ0n) is 21.0. The molecule has 4 saturated heterocycles. The van der Waals surface area contributed by atoms with Gasteiger partial charge >= 0.3 is 11.9 Å². The summed E-state index contributed by atoms with van der Waals surface area (Å²) in [5, 5.41) is 11.4. The molecule has 5 aliphatic heterocycles. The number of carbonyl (C=O) groups is 2. The minimum absolute atomic E-state index is 0.115. The first-order valence-corrected chi connectivity index (χ1v) is 12.9. The fourth-order valence-corrected chi connectivity index (χ4v) is 8.06. The lowest BCUT2D eigenvalue weighted by Crippen LogP contribution is -2.80. The minimum Gasteiger partial charge on any atom is -0.472 e. The third-order valence-corrected chi connectivity index (χ3v) is 10.0. The molecule has 7 rings (SSSR count). The molecule has 6 fully saturated rings. The standard InChI is InChI=1S/C26H36O9/c1-12(2)21(29)35-23-26-17(10-16(33-23)20(28)25(26)11-31-25)24(5,13(3)8-19(26)32-14(4)27)18-9-15-6-7-30-22(15)34-18/h6-7,12-13,15-20,22-23,28H,8-11H2,1-5H3/t13-,15-,16?,17-,18+,19+,20+,22-,23-,24+,25-,26-/m1/s1. The van der Waals surface area contributed by atoms with Crippen molar-refractivity contribution in [2.45, 2.75) is 96.5 Å². The van der Waals surface area contributed by atoms with Crippen molar-refractivity contribution in [2.75, 3.05) is 6.61 Å². The number of fused-ring (bicyclic) bond motifs is 2. The maximum atomic E-state index is 12.9. The first-order valence-electron chi connectivity index (χ1n) is 12.9. The normalized spacial score (nSPS) is 53.3. The van der Waals surface area contributed by atoms with Crippen LogP contribution in [-0.2, 0) is 38.0 Å². The van der Waals surface area contributed by atoms with Gasteiger partial charge in [0.05, 0.1) is 31.0 Å². The Balaban J connectivity index is 1.48. The van der Waals surface area contributed by atoms with E-state index in [9.17, 15) is 14.7 Å². The number of hydrogen-bond donors (Lipinski definition) is 1. The summed E-state index contributed by atoms with van der Waals surface area (Å²) in [4.78, 5) is 25.2. The summed E-state index contributed by atoms with van der Waals surface area (Å²) in [6.07, 6.45) is 2.09. The summed E-state index contributed by atoms with van der Waals surface area (Å²) < 4.78 is 36.6. The fraction of sp³-hybridized carbons (Fsp3) is 0.846. The molecular weight excluding hydrogens is 456 g/mol. The number of aliphatic hydroxyl groups excluding tert-OH is 1. The smallest absolute Gasteiger partial charge is 0.310 e. The second-order valence-electron chi connectivity index (χ2n) is 11.9. The van der Waals surface area contributed by atoms with Crippen molar-refractivity contribution in [3.63, 3.8) is 0 Å². The molecule has 35 heavy (non-hydrogen) atoms. The van der Waals surface area contributed by atoms with E-state index in [4.69, 9.17) is 28.4 Å². The molecule has 1 N–H and O–H groups in total. The van der Waals surface area contributed by atoms with Crippen molar-refractivity contribution >= 4 is 11.9 Å². The van der Waals surface area contributed by atoms with Crippen molar-refractivity contribution in [3.05, 3.63) is 12.3 Å². The molecule has 9 heteroatoms. The van der Waals surface area contributed by atoms with Crippen molar-refractivity contribution in [3.8, 4) is 0 Å². The zero-order chi connectivity index (χ0) is 24.9. The molecule has 9 nitrogen and oxygen atoms in total. The molecule has 12 atom stereocenters. The quantitative estimate of drug-likeness (QED) is 0.466. The molecule has 0 aromatic heterocycles. The Morgan fingerprint density at radius 3 is 2.51 bits per heavy atom. The van der Waals surface area contributed by atoms with Crippen LogP contribution in [0.4, 0.5) is 0 Å². The van der Waals surface area contributed by atoms with Gasteiger partial charge in [0.15, 0.2) is 0 Å². The van der Waals surface area contributed by atoms with Crippen LogP contribution in [0.1, 0.15) is 53.9 Å². The Bertz CT molecular complexity index is 943. The van der Waals surface area contributed by atoms with Gasteiger partial charge in [-0.25, -0.2) is 0 Å². The van der Waals surface area contributed by atoms with Gasteiger partial charge in [-0.2, -0.15) is 0 Å². The van der Waals surface area contributed by atoms with Crippen LogP contribution in [0, 0.1) is 34.5 Å². The summed E-state index contributed by atoms with van der Waals surface area (Å²) in [7, 11) is 0. The SMILES string of the molecule is CC(=O)O[C@H]1C[C@@H](C)[C@](C)([C@@H]2C[C@H]3C=CO[C@@H]3O2)[C@H]2CC3O[C@H](OC(=O)C(C)C)[C@]12[C@@]1(CO1)[C@H]3O. The molecule has 1 unspecified atom stereocenters. The molecule has 7 aliphatic rings. The summed E-state index contributed by atoms with van der Waals surface area (Å²) in [6, 6.07) is 0. The molecule has 2 saturated carbocycles. The summed E-state index contributed by atoms with van der Waals surface area (Å²) >= 11 is 0. The van der Waals surface area contributed by atoms with Crippen LogP contribution in [0.2, 0.25) is 0 Å². The average Bonchev–Trinajstić information content (AvgIpc) is 3.28. The summed E-state index contributed by atoms with van der Waals surface area (Å²) in [6.45, 7) is 9.63. The Labute approximate surface area is 205 Å². The molecule has 2 bridgehead atoms. The third-order valence-electron chi connectivity index (χ3n) is 10.0. The highest BCUT2D eigenvalue weighted by Crippen LogP contribution is 2.74. The van der Waals surface area contributed by atoms with Gasteiger partial charge in [0, 0.05) is 18.3 Å². The van der Waals surface area contributed by atoms with E-state index in [0.717, 1.165) is 6.42 Å². The van der Waals surface area contributed by atoms with Gasteiger partial charge in [0.25, 0.3) is 0 Å². The Morgan fingerprint density at radius 1 is 1.14 bits per heavy atom. The molecule has 2 spiro atoms. The van der Waals surface area contributed by atoms with Gasteiger partial charge in [-0.05, 0) is 37.2 Å².